The van der Waals surface area contributed by atoms with Crippen molar-refractivity contribution in [3.8, 4) is 5.69 Å². The first-order chi connectivity index (χ1) is 9.11. The van der Waals surface area contributed by atoms with Crippen molar-refractivity contribution >= 4 is 17.7 Å². The Morgan fingerprint density at radius 2 is 2.37 bits per heavy atom. The van der Waals surface area contributed by atoms with E-state index in [1.807, 2.05) is 0 Å². The minimum absolute atomic E-state index is 0.388. The lowest BCUT2D eigenvalue weighted by molar-refractivity contribution is 0.0633. The Kier molecular flexibility index (Phi) is 3.98. The van der Waals surface area contributed by atoms with E-state index in [2.05, 4.69) is 10.1 Å². The van der Waals surface area contributed by atoms with Gasteiger partial charge in [0.2, 0.25) is 0 Å². The largest absolute Gasteiger partial charge is 0.439 e. The Balaban J connectivity index is 2.37. The maximum Gasteiger partial charge on any atom is 0.405 e. The van der Waals surface area contributed by atoms with Gasteiger partial charge >= 0.3 is 6.09 Å². The van der Waals surface area contributed by atoms with Crippen molar-refractivity contribution in [1.82, 2.24) is 14.8 Å². The van der Waals surface area contributed by atoms with Gasteiger partial charge in [0.05, 0.1) is 17.3 Å². The van der Waals surface area contributed by atoms with Crippen LogP contribution in [-0.4, -0.2) is 32.6 Å². The predicted molar refractivity (Wildman–Crippen MR) is 66.9 cm³/mol. The van der Waals surface area contributed by atoms with E-state index < -0.39 is 12.2 Å². The number of ether oxygens (including phenoxy) is 1. The van der Waals surface area contributed by atoms with Crippen molar-refractivity contribution in [2.24, 2.45) is 5.73 Å². The molecule has 0 aliphatic rings. The van der Waals surface area contributed by atoms with E-state index in [0.29, 0.717) is 16.3 Å². The van der Waals surface area contributed by atoms with Crippen molar-refractivity contribution in [2.75, 3.05) is 6.61 Å². The monoisotopic (exact) mass is 282 g/mol. The molecule has 0 aliphatic heterocycles. The summed E-state index contributed by atoms with van der Waals surface area (Å²) < 4.78 is 6.26. The zero-order valence-electron chi connectivity index (χ0n) is 9.73. The second-order valence-corrected chi connectivity index (χ2v) is 4.07. The number of nitrogens with zero attached hydrogens (tertiary/aromatic N) is 3. The van der Waals surface area contributed by atoms with Gasteiger partial charge in [-0.3, -0.25) is 0 Å². The van der Waals surface area contributed by atoms with Crippen molar-refractivity contribution in [3.63, 3.8) is 0 Å². The summed E-state index contributed by atoms with van der Waals surface area (Å²) in [5.74, 6) is 0. The first-order valence-corrected chi connectivity index (χ1v) is 5.71. The van der Waals surface area contributed by atoms with Gasteiger partial charge in [0.25, 0.3) is 0 Å². The normalized spacial score (nSPS) is 12.1. The van der Waals surface area contributed by atoms with Crippen LogP contribution in [0, 0.1) is 0 Å². The number of amides is 1. The van der Waals surface area contributed by atoms with Crippen molar-refractivity contribution in [1.29, 1.82) is 0 Å². The average Bonchev–Trinajstić information content (AvgIpc) is 2.90. The van der Waals surface area contributed by atoms with E-state index in [0.717, 1.165) is 0 Å². The smallest absolute Gasteiger partial charge is 0.405 e. The van der Waals surface area contributed by atoms with Gasteiger partial charge in [0, 0.05) is 0 Å². The molecule has 7 nitrogen and oxygen atoms in total. The molecule has 2 rings (SSSR count). The summed E-state index contributed by atoms with van der Waals surface area (Å²) in [4.78, 5) is 14.6. The van der Waals surface area contributed by atoms with Crippen LogP contribution in [0.15, 0.2) is 30.9 Å². The van der Waals surface area contributed by atoms with Gasteiger partial charge < -0.3 is 15.6 Å². The van der Waals surface area contributed by atoms with Crippen LogP contribution < -0.4 is 5.73 Å². The summed E-state index contributed by atoms with van der Waals surface area (Å²) in [6, 6.07) is 4.88. The van der Waals surface area contributed by atoms with Gasteiger partial charge in [-0.2, -0.15) is 5.10 Å². The molecular formula is C11H11ClN4O3. The fraction of sp³-hybridized carbons (Fsp3) is 0.182. The van der Waals surface area contributed by atoms with Crippen LogP contribution in [-0.2, 0) is 4.74 Å². The average molecular weight is 283 g/mol. The quantitative estimate of drug-likeness (QED) is 0.872. The molecule has 0 bridgehead atoms. The zero-order valence-corrected chi connectivity index (χ0v) is 10.5. The number of halogens is 1. The number of benzene rings is 1. The third-order valence-electron chi connectivity index (χ3n) is 2.43. The number of carbonyl (C=O) groups excluding carboxylic acids is 1. The molecule has 2 aromatic rings. The van der Waals surface area contributed by atoms with Gasteiger partial charge in [-0.25, -0.2) is 14.5 Å². The van der Waals surface area contributed by atoms with Crippen LogP contribution in [0.4, 0.5) is 4.79 Å². The topological polar surface area (TPSA) is 103 Å². The summed E-state index contributed by atoms with van der Waals surface area (Å²) in [5, 5.41) is 13.6. The Hall–Kier alpha value is -2.12. The number of primary amides is 1. The Labute approximate surface area is 113 Å². The number of hydrogen-bond acceptors (Lipinski definition) is 5. The number of aromatic nitrogens is 3. The van der Waals surface area contributed by atoms with Gasteiger partial charge in [-0.15, -0.1) is 0 Å². The molecule has 0 saturated heterocycles. The van der Waals surface area contributed by atoms with Crippen LogP contribution in [0.1, 0.15) is 11.7 Å². The molecule has 1 aromatic heterocycles. The Morgan fingerprint density at radius 1 is 1.58 bits per heavy atom. The molecule has 1 unspecified atom stereocenters. The van der Waals surface area contributed by atoms with E-state index in [4.69, 9.17) is 22.1 Å². The molecule has 0 aliphatic carbocycles. The zero-order chi connectivity index (χ0) is 13.8. The predicted octanol–water partition coefficient (Wildman–Crippen LogP) is 1.05. The lowest BCUT2D eigenvalue weighted by atomic mass is 10.1. The fourth-order valence-corrected chi connectivity index (χ4v) is 1.79. The second kappa shape index (κ2) is 5.68. The first kappa shape index (κ1) is 13.3. The molecule has 1 heterocycles. The molecular weight excluding hydrogens is 272 g/mol. The molecule has 0 spiro atoms. The molecule has 100 valence electrons. The van der Waals surface area contributed by atoms with E-state index in [9.17, 15) is 9.90 Å². The summed E-state index contributed by atoms with van der Waals surface area (Å²) in [5.41, 5.74) is 6.05. The Bertz CT molecular complexity index is 573. The van der Waals surface area contributed by atoms with E-state index >= 15 is 0 Å². The maximum atomic E-state index is 10.8. The molecule has 1 amide bonds. The first-order valence-electron chi connectivity index (χ1n) is 5.33. The van der Waals surface area contributed by atoms with Gasteiger partial charge in [-0.1, -0.05) is 17.7 Å². The van der Waals surface area contributed by atoms with Gasteiger partial charge in [-0.05, 0) is 17.7 Å². The number of aliphatic hydroxyl groups is 1. The molecule has 8 heteroatoms. The van der Waals surface area contributed by atoms with Gasteiger partial charge in [0.1, 0.15) is 12.7 Å². The van der Waals surface area contributed by atoms with Crippen LogP contribution in [0.5, 0.6) is 0 Å². The standard InChI is InChI=1S/C11H11ClN4O3/c12-8-2-1-7(10(4-17)19-11(13)18)3-9(8)16-6-14-5-15-16/h1-3,5-6,10,17H,4H2,(H2,13,18). The Morgan fingerprint density at radius 3 is 2.95 bits per heavy atom. The van der Waals surface area contributed by atoms with Crippen molar-refractivity contribution in [2.45, 2.75) is 6.10 Å². The number of rotatable bonds is 4. The number of nitrogens with two attached hydrogens (primary N) is 1. The summed E-state index contributed by atoms with van der Waals surface area (Å²) in [6.07, 6.45) is 1.04. The maximum absolute atomic E-state index is 10.8. The molecule has 1 aromatic carbocycles. The minimum atomic E-state index is -0.962. The van der Waals surface area contributed by atoms with Crippen molar-refractivity contribution < 1.29 is 14.6 Å². The van der Waals surface area contributed by atoms with Crippen LogP contribution in [0.2, 0.25) is 5.02 Å². The highest BCUT2D eigenvalue weighted by Gasteiger charge is 2.16. The van der Waals surface area contributed by atoms with Crippen LogP contribution in [0.3, 0.4) is 0 Å². The molecule has 1 atom stereocenters. The van der Waals surface area contributed by atoms with Crippen molar-refractivity contribution in [3.05, 3.63) is 41.4 Å². The van der Waals surface area contributed by atoms with E-state index in [-0.39, 0.29) is 6.61 Å². The van der Waals surface area contributed by atoms with E-state index in [1.54, 1.807) is 18.2 Å². The molecule has 0 saturated carbocycles. The minimum Gasteiger partial charge on any atom is -0.439 e. The van der Waals surface area contributed by atoms with E-state index in [1.165, 1.54) is 17.3 Å². The molecule has 3 N–H and O–H groups in total. The molecule has 0 radical (unpaired) electrons. The summed E-state index contributed by atoms with van der Waals surface area (Å²) in [7, 11) is 0. The summed E-state index contributed by atoms with van der Waals surface area (Å²) >= 11 is 6.06. The SMILES string of the molecule is NC(=O)OC(CO)c1ccc(Cl)c(-n2cncn2)c1. The van der Waals surface area contributed by atoms with Crippen LogP contribution in [0.25, 0.3) is 5.69 Å². The highest BCUT2D eigenvalue weighted by molar-refractivity contribution is 6.32. The molecule has 19 heavy (non-hydrogen) atoms. The lowest BCUT2D eigenvalue weighted by Crippen LogP contribution is -2.19. The third-order valence-corrected chi connectivity index (χ3v) is 2.75. The summed E-state index contributed by atoms with van der Waals surface area (Å²) in [6.45, 7) is -0.388. The highest BCUT2D eigenvalue weighted by atomic mass is 35.5. The number of aliphatic hydroxyl groups excluding tert-OH is 1. The second-order valence-electron chi connectivity index (χ2n) is 3.66. The lowest BCUT2D eigenvalue weighted by Gasteiger charge is -2.15. The van der Waals surface area contributed by atoms with Gasteiger partial charge in [0.15, 0.2) is 6.10 Å². The fourth-order valence-electron chi connectivity index (χ4n) is 1.59. The third kappa shape index (κ3) is 3.01. The number of carbonyl (C=O) groups is 1. The highest BCUT2D eigenvalue weighted by Crippen LogP contribution is 2.25. The number of hydrogen-bond donors (Lipinski definition) is 2. The van der Waals surface area contributed by atoms with Crippen LogP contribution >= 0.6 is 11.6 Å². The molecule has 0 fully saturated rings.